The molecule has 0 fully saturated rings. The first-order valence-electron chi connectivity index (χ1n) is 2.56. The Labute approximate surface area is 76.1 Å². The van der Waals surface area contributed by atoms with Crippen LogP contribution in [0.5, 0.6) is 0 Å². The van der Waals surface area contributed by atoms with Crippen LogP contribution in [0, 0.1) is 18.9 Å². The van der Waals surface area contributed by atoms with Crippen LogP contribution >= 0.6 is 13.6 Å². The molecule has 0 atom stereocenters. The van der Waals surface area contributed by atoms with E-state index in [4.69, 9.17) is 0 Å². The van der Waals surface area contributed by atoms with Crippen molar-refractivity contribution in [2.75, 3.05) is 0 Å². The molecular formula is C6H5BrFNZn. The maximum absolute atomic E-state index is 12.2. The van der Waals surface area contributed by atoms with Gasteiger partial charge >= 0.3 is 30.0 Å². The molecule has 0 bridgehead atoms. The van der Waals surface area contributed by atoms with Gasteiger partial charge in [-0.15, -0.1) is 6.07 Å². The first-order chi connectivity index (χ1) is 4.80. The number of aromatic nitrogens is 1. The van der Waals surface area contributed by atoms with E-state index in [0.717, 1.165) is 0 Å². The first-order valence-corrected chi connectivity index (χ1v) is 9.51. The van der Waals surface area contributed by atoms with Crippen molar-refractivity contribution >= 4 is 13.6 Å². The second-order valence-electron chi connectivity index (χ2n) is 1.51. The van der Waals surface area contributed by atoms with Crippen molar-refractivity contribution in [3.8, 4) is 0 Å². The monoisotopic (exact) mass is 253 g/mol. The van der Waals surface area contributed by atoms with Crippen LogP contribution in [0.2, 0.25) is 0 Å². The van der Waals surface area contributed by atoms with Crippen LogP contribution < -0.4 is 0 Å². The Morgan fingerprint density at radius 3 is 2.60 bits per heavy atom. The third-order valence-electron chi connectivity index (χ3n) is 0.882. The van der Waals surface area contributed by atoms with Crippen LogP contribution in [0.3, 0.4) is 0 Å². The van der Waals surface area contributed by atoms with Crippen molar-refractivity contribution in [3.05, 3.63) is 29.8 Å². The summed E-state index contributed by atoms with van der Waals surface area (Å²) in [6.07, 6.45) is 2.51. The average molecular weight is 255 g/mol. The zero-order valence-electron chi connectivity index (χ0n) is 5.56. The van der Waals surface area contributed by atoms with Gasteiger partial charge in [-0.2, -0.15) is 6.07 Å². The molecule has 0 amide bonds. The molecule has 4 heteroatoms. The number of hydrogen-bond acceptors (Lipinski definition) is 1. The van der Waals surface area contributed by atoms with E-state index in [2.05, 4.69) is 24.8 Å². The molecule has 0 unspecified atom stereocenters. The summed E-state index contributed by atoms with van der Waals surface area (Å²) >= 11 is 4.25. The van der Waals surface area contributed by atoms with Crippen molar-refractivity contribution in [1.82, 2.24) is 4.98 Å². The minimum absolute atomic E-state index is 0.274. The van der Waals surface area contributed by atoms with Gasteiger partial charge in [0.2, 0.25) is 0 Å². The van der Waals surface area contributed by atoms with Gasteiger partial charge in [-0.05, 0) is 5.69 Å². The van der Waals surface area contributed by atoms with E-state index in [1.807, 2.05) is 0 Å². The SMILES string of the molecule is Cc1n[c-]ccc1F.[Zn+][Br]. The molecule has 0 aliphatic heterocycles. The van der Waals surface area contributed by atoms with Gasteiger partial charge in [0, 0.05) is 5.82 Å². The number of aryl methyl sites for hydroxylation is 1. The Bertz CT molecular complexity index is 174. The fourth-order valence-electron chi connectivity index (χ4n) is 0.419. The summed E-state index contributed by atoms with van der Waals surface area (Å²) in [5, 5.41) is 0. The molecule has 0 N–H and O–H groups in total. The van der Waals surface area contributed by atoms with Gasteiger partial charge in [-0.3, -0.25) is 0 Å². The van der Waals surface area contributed by atoms with Gasteiger partial charge in [0.25, 0.3) is 0 Å². The van der Waals surface area contributed by atoms with Crippen molar-refractivity contribution in [3.63, 3.8) is 0 Å². The molecule has 1 rings (SSSR count). The quantitative estimate of drug-likeness (QED) is 0.511. The van der Waals surface area contributed by atoms with Crippen LogP contribution in [0.25, 0.3) is 0 Å². The Hall–Kier alpha value is 0.183. The molecule has 10 heavy (non-hydrogen) atoms. The van der Waals surface area contributed by atoms with Crippen molar-refractivity contribution < 1.29 is 20.7 Å². The molecule has 0 saturated carbocycles. The van der Waals surface area contributed by atoms with Crippen LogP contribution in [-0.4, -0.2) is 4.98 Å². The van der Waals surface area contributed by atoms with E-state index < -0.39 is 0 Å². The number of hydrogen-bond donors (Lipinski definition) is 0. The van der Waals surface area contributed by atoms with Gasteiger partial charge in [-0.1, -0.05) is 13.1 Å². The molecule has 1 aromatic heterocycles. The van der Waals surface area contributed by atoms with Gasteiger partial charge in [0.1, 0.15) is 0 Å². The zero-order chi connectivity index (χ0) is 7.98. The number of nitrogens with zero attached hydrogens (tertiary/aromatic N) is 1. The Balaban J connectivity index is 0.000000371. The molecular weight excluding hydrogens is 250 g/mol. The zero-order valence-corrected chi connectivity index (χ0v) is 10.1. The summed E-state index contributed by atoms with van der Waals surface area (Å²) in [6, 6.07) is 2.78. The average Bonchev–Trinajstić information content (AvgIpc) is 2.00. The van der Waals surface area contributed by atoms with Gasteiger partial charge < -0.3 is 4.98 Å². The minimum atomic E-state index is -0.274. The summed E-state index contributed by atoms with van der Waals surface area (Å²) in [5.41, 5.74) is 0.396. The second kappa shape index (κ2) is 5.93. The van der Waals surface area contributed by atoms with Crippen LogP contribution in [0.1, 0.15) is 5.69 Å². The Morgan fingerprint density at radius 1 is 1.70 bits per heavy atom. The Morgan fingerprint density at radius 2 is 2.30 bits per heavy atom. The van der Waals surface area contributed by atoms with Gasteiger partial charge in [-0.25, -0.2) is 4.39 Å². The molecule has 0 spiro atoms. The molecule has 50 valence electrons. The van der Waals surface area contributed by atoms with E-state index in [1.165, 1.54) is 28.5 Å². The predicted octanol–water partition coefficient (Wildman–Crippen LogP) is 2.17. The fraction of sp³-hybridized carbons (Fsp3) is 0.167. The predicted molar refractivity (Wildman–Crippen MR) is 36.7 cm³/mol. The molecule has 0 radical (unpaired) electrons. The van der Waals surface area contributed by atoms with E-state index in [-0.39, 0.29) is 5.82 Å². The second-order valence-corrected chi connectivity index (χ2v) is 1.51. The summed E-state index contributed by atoms with van der Waals surface area (Å²) in [4.78, 5) is 3.58. The Kier molecular flexibility index (Phi) is 6.04. The molecule has 1 heterocycles. The number of rotatable bonds is 0. The third-order valence-corrected chi connectivity index (χ3v) is 0.882. The summed E-state index contributed by atoms with van der Waals surface area (Å²) in [5.74, 6) is -0.274. The standard InChI is InChI=1S/C6H5FN.BrH.Zn/c1-5-6(7)3-2-4-8-5;;/h2-3H,1H3;1H;/q-1;;+2/p-1. The fourth-order valence-corrected chi connectivity index (χ4v) is 0.419. The van der Waals surface area contributed by atoms with E-state index in [1.54, 1.807) is 6.92 Å². The molecule has 0 aromatic carbocycles. The maximum atomic E-state index is 12.2. The summed E-state index contributed by atoms with van der Waals surface area (Å²) in [6.45, 7) is 1.60. The molecule has 0 saturated heterocycles. The third kappa shape index (κ3) is 3.38. The molecule has 1 nitrogen and oxygen atoms in total. The molecule has 0 aliphatic rings. The van der Waals surface area contributed by atoms with Crippen molar-refractivity contribution in [1.29, 1.82) is 0 Å². The number of pyridine rings is 1. The van der Waals surface area contributed by atoms with Crippen LogP contribution in [0.15, 0.2) is 12.1 Å². The molecule has 1 aromatic rings. The summed E-state index contributed by atoms with van der Waals surface area (Å²) in [7, 11) is 0. The summed E-state index contributed by atoms with van der Waals surface area (Å²) < 4.78 is 12.2. The van der Waals surface area contributed by atoms with Crippen LogP contribution in [-0.2, 0) is 16.3 Å². The van der Waals surface area contributed by atoms with Crippen LogP contribution in [0.4, 0.5) is 4.39 Å². The number of halogens is 2. The van der Waals surface area contributed by atoms with Crippen molar-refractivity contribution in [2.45, 2.75) is 6.92 Å². The normalized spacial score (nSPS) is 8.10. The van der Waals surface area contributed by atoms with E-state index in [9.17, 15) is 4.39 Å². The molecule has 0 aliphatic carbocycles. The topological polar surface area (TPSA) is 12.9 Å². The van der Waals surface area contributed by atoms with Gasteiger partial charge in [0.05, 0.1) is 0 Å². The van der Waals surface area contributed by atoms with Crippen molar-refractivity contribution in [2.24, 2.45) is 0 Å². The van der Waals surface area contributed by atoms with Gasteiger partial charge in [0.15, 0.2) is 0 Å². The van der Waals surface area contributed by atoms with E-state index >= 15 is 0 Å². The van der Waals surface area contributed by atoms with E-state index in [0.29, 0.717) is 5.69 Å². The first kappa shape index (κ1) is 10.2.